The number of rotatable bonds is 30. The van der Waals surface area contributed by atoms with Crippen molar-refractivity contribution in [1.29, 1.82) is 0 Å². The van der Waals surface area contributed by atoms with Gasteiger partial charge in [0.1, 0.15) is 6.61 Å². The maximum atomic E-state index is 12.1. The van der Waals surface area contributed by atoms with Crippen LogP contribution < -0.4 is 0 Å². The van der Waals surface area contributed by atoms with Gasteiger partial charge in [0, 0.05) is 12.3 Å². The van der Waals surface area contributed by atoms with Crippen LogP contribution in [0.1, 0.15) is 110 Å². The lowest BCUT2D eigenvalue weighted by atomic mass is 9.98. The largest absolute Gasteiger partial charge is 0.463 e. The number of unbranched alkanes of at least 4 members (excludes halogenated alkanes) is 11. The highest BCUT2D eigenvalue weighted by atomic mass is 16.6. The third-order valence-electron chi connectivity index (χ3n) is 7.71. The molecule has 248 valence electrons. The molecule has 0 aromatic carbocycles. The zero-order chi connectivity index (χ0) is 30.5. The fourth-order valence-electron chi connectivity index (χ4n) is 5.49. The van der Waals surface area contributed by atoms with Crippen molar-refractivity contribution in [3.8, 4) is 0 Å². The number of aliphatic hydroxyl groups excluding tert-OH is 3. The second-order valence-electron chi connectivity index (χ2n) is 11.2. The maximum Gasteiger partial charge on any atom is 0.305 e. The van der Waals surface area contributed by atoms with Crippen molar-refractivity contribution < 1.29 is 43.8 Å². The Morgan fingerprint density at radius 2 is 1.36 bits per heavy atom. The van der Waals surface area contributed by atoms with Gasteiger partial charge in [0.2, 0.25) is 0 Å². The number of aliphatic hydroxyl groups is 3. The Hall–Kier alpha value is -1.07. The first-order chi connectivity index (χ1) is 20.7. The molecule has 42 heavy (non-hydrogen) atoms. The topological polar surface area (TPSA) is 124 Å². The Labute approximate surface area is 255 Å². The summed E-state index contributed by atoms with van der Waals surface area (Å²) in [7, 11) is 0. The van der Waals surface area contributed by atoms with E-state index in [1.165, 1.54) is 57.8 Å². The molecule has 0 aromatic rings. The predicted molar refractivity (Wildman–Crippen MR) is 164 cm³/mol. The lowest BCUT2D eigenvalue weighted by Gasteiger charge is -2.31. The number of hydrogen-bond donors (Lipinski definition) is 3. The Kier molecular flexibility index (Phi) is 26.6. The van der Waals surface area contributed by atoms with E-state index in [0.717, 1.165) is 38.5 Å². The first-order valence-electron chi connectivity index (χ1n) is 16.7. The maximum absolute atomic E-state index is 12.1. The second kappa shape index (κ2) is 28.7. The molecule has 0 spiro atoms. The van der Waals surface area contributed by atoms with Gasteiger partial charge < -0.3 is 39.0 Å². The Morgan fingerprint density at radius 3 is 2.02 bits per heavy atom. The zero-order valence-electron chi connectivity index (χ0n) is 26.4. The van der Waals surface area contributed by atoms with E-state index < -0.39 is 0 Å². The Balaban J connectivity index is 2.13. The fraction of sp³-hybridized carbons (Fsp3) is 0.909. The van der Waals surface area contributed by atoms with E-state index in [0.29, 0.717) is 6.42 Å². The van der Waals surface area contributed by atoms with Crippen LogP contribution in [0.5, 0.6) is 0 Å². The fourth-order valence-corrected chi connectivity index (χ4v) is 5.49. The molecule has 3 N–H and O–H groups in total. The van der Waals surface area contributed by atoms with Gasteiger partial charge >= 0.3 is 5.97 Å². The third kappa shape index (κ3) is 20.0. The molecule has 0 aliphatic heterocycles. The van der Waals surface area contributed by atoms with Crippen LogP contribution in [0.25, 0.3) is 0 Å². The minimum absolute atomic E-state index is 0.0459. The van der Waals surface area contributed by atoms with Crippen LogP contribution in [0.3, 0.4) is 0 Å². The van der Waals surface area contributed by atoms with Crippen LogP contribution in [0, 0.1) is 5.92 Å². The number of ether oxygens (including phenoxy) is 5. The Morgan fingerprint density at radius 1 is 0.738 bits per heavy atom. The number of allylic oxidation sites excluding steroid dienone is 2. The monoisotopic (exact) mass is 602 g/mol. The van der Waals surface area contributed by atoms with Crippen LogP contribution in [-0.2, 0) is 28.5 Å². The highest BCUT2D eigenvalue weighted by Crippen LogP contribution is 2.35. The average molecular weight is 603 g/mol. The molecule has 9 nitrogen and oxygen atoms in total. The normalized spacial score (nSPS) is 19.6. The van der Waals surface area contributed by atoms with E-state index in [1.807, 2.05) is 0 Å². The summed E-state index contributed by atoms with van der Waals surface area (Å²) in [5.41, 5.74) is 0. The molecule has 0 heterocycles. The molecule has 0 saturated heterocycles. The lowest BCUT2D eigenvalue weighted by Crippen LogP contribution is -2.41. The molecular weight excluding hydrogens is 540 g/mol. The summed E-state index contributed by atoms with van der Waals surface area (Å²) in [6.07, 6.45) is 21.7. The van der Waals surface area contributed by atoms with Crippen molar-refractivity contribution in [2.24, 2.45) is 5.92 Å². The molecule has 1 saturated carbocycles. The van der Waals surface area contributed by atoms with Gasteiger partial charge in [-0.2, -0.15) is 0 Å². The molecule has 1 rings (SSSR count). The van der Waals surface area contributed by atoms with Gasteiger partial charge in [-0.15, -0.1) is 0 Å². The van der Waals surface area contributed by atoms with Crippen molar-refractivity contribution >= 4 is 5.97 Å². The summed E-state index contributed by atoms with van der Waals surface area (Å²) >= 11 is 0. The predicted octanol–water partition coefficient (Wildman–Crippen LogP) is 5.13. The second-order valence-corrected chi connectivity index (χ2v) is 11.2. The average Bonchev–Trinajstić information content (AvgIpc) is 3.40. The van der Waals surface area contributed by atoms with Gasteiger partial charge in [0.05, 0.1) is 71.2 Å². The first-order valence-corrected chi connectivity index (χ1v) is 16.7. The van der Waals surface area contributed by atoms with Crippen molar-refractivity contribution in [1.82, 2.24) is 0 Å². The molecule has 1 aliphatic carbocycles. The molecule has 4 unspecified atom stereocenters. The molecule has 1 aliphatic rings. The number of carbonyl (C=O) groups is 1. The van der Waals surface area contributed by atoms with Gasteiger partial charge in [0.25, 0.3) is 0 Å². The summed E-state index contributed by atoms with van der Waals surface area (Å²) in [6, 6.07) is 0. The quantitative estimate of drug-likeness (QED) is 0.0583. The summed E-state index contributed by atoms with van der Waals surface area (Å²) < 4.78 is 28.6. The van der Waals surface area contributed by atoms with E-state index in [4.69, 9.17) is 28.8 Å². The molecule has 4 atom stereocenters. The summed E-state index contributed by atoms with van der Waals surface area (Å²) in [6.45, 7) is 3.26. The van der Waals surface area contributed by atoms with Gasteiger partial charge in [-0.3, -0.25) is 4.79 Å². The number of hydrogen-bond acceptors (Lipinski definition) is 9. The minimum atomic E-state index is -0.338. The van der Waals surface area contributed by atoms with Crippen LogP contribution in [0.4, 0.5) is 0 Å². The summed E-state index contributed by atoms with van der Waals surface area (Å²) in [4.78, 5) is 12.1. The Bertz CT molecular complexity index is 631. The minimum Gasteiger partial charge on any atom is -0.463 e. The van der Waals surface area contributed by atoms with Crippen LogP contribution in [-0.4, -0.2) is 99.1 Å². The first kappa shape index (κ1) is 39.0. The van der Waals surface area contributed by atoms with E-state index in [9.17, 15) is 15.0 Å². The lowest BCUT2D eigenvalue weighted by molar-refractivity contribution is -0.147. The SMILES string of the molecule is CCCCCCCC/C=C\CCCCCCCC(=O)OCCOCC(OCCO)C1CCC(OCCO)C1OCCO. The van der Waals surface area contributed by atoms with Crippen LogP contribution in [0.15, 0.2) is 12.2 Å². The smallest absolute Gasteiger partial charge is 0.305 e. The van der Waals surface area contributed by atoms with Crippen LogP contribution in [0.2, 0.25) is 0 Å². The van der Waals surface area contributed by atoms with Gasteiger partial charge in [-0.25, -0.2) is 0 Å². The van der Waals surface area contributed by atoms with Crippen molar-refractivity contribution in [3.63, 3.8) is 0 Å². The van der Waals surface area contributed by atoms with E-state index in [2.05, 4.69) is 19.1 Å². The van der Waals surface area contributed by atoms with E-state index in [-0.39, 0.29) is 89.7 Å². The highest BCUT2D eigenvalue weighted by Gasteiger charge is 2.42. The zero-order valence-corrected chi connectivity index (χ0v) is 26.4. The van der Waals surface area contributed by atoms with E-state index in [1.54, 1.807) is 0 Å². The summed E-state index contributed by atoms with van der Waals surface area (Å²) in [5, 5.41) is 27.6. The highest BCUT2D eigenvalue weighted by molar-refractivity contribution is 5.69. The van der Waals surface area contributed by atoms with Crippen molar-refractivity contribution in [3.05, 3.63) is 12.2 Å². The summed E-state index contributed by atoms with van der Waals surface area (Å²) in [5.74, 6) is -0.239. The molecule has 0 radical (unpaired) electrons. The van der Waals surface area contributed by atoms with E-state index >= 15 is 0 Å². The molecule has 0 amide bonds. The molecular formula is C33H62O9. The van der Waals surface area contributed by atoms with Crippen LogP contribution >= 0.6 is 0 Å². The number of carbonyl (C=O) groups excluding carboxylic acids is 1. The molecule has 0 bridgehead atoms. The van der Waals surface area contributed by atoms with Crippen molar-refractivity contribution in [2.45, 2.75) is 128 Å². The molecule has 0 aromatic heterocycles. The van der Waals surface area contributed by atoms with Gasteiger partial charge in [0.15, 0.2) is 0 Å². The standard InChI is InChI=1S/C33H62O9/c1-2-3-4-5-6-7-8-9-10-11-12-13-14-15-16-17-32(37)41-27-26-38-28-31(40-24-21-35)29-18-19-30(39-23-20-34)33(29)42-25-22-36/h9-10,29-31,33-36H,2-8,11-28H2,1H3/b10-9-. The van der Waals surface area contributed by atoms with Gasteiger partial charge in [-0.05, 0) is 44.9 Å². The van der Waals surface area contributed by atoms with Crippen molar-refractivity contribution in [2.75, 3.05) is 59.5 Å². The van der Waals surface area contributed by atoms with Gasteiger partial charge in [-0.1, -0.05) is 70.4 Å². The third-order valence-corrected chi connectivity index (χ3v) is 7.71. The number of esters is 1. The molecule has 1 fully saturated rings. The molecule has 9 heteroatoms.